The van der Waals surface area contributed by atoms with E-state index in [9.17, 15) is 4.79 Å². The number of halogens is 4. The Kier molecular flexibility index (Phi) is 34.9. The molecule has 0 aliphatic heterocycles. The topological polar surface area (TPSA) is 26.3 Å². The molecule has 0 bridgehead atoms. The normalized spacial score (nSPS) is 14.5. The molecule has 42 heavy (non-hydrogen) atoms. The van der Waals surface area contributed by atoms with Gasteiger partial charge in [0, 0.05) is 25.7 Å². The Morgan fingerprint density at radius 3 is 1.07 bits per heavy atom. The van der Waals surface area contributed by atoms with Crippen molar-refractivity contribution in [2.75, 3.05) is 6.61 Å². The van der Waals surface area contributed by atoms with Gasteiger partial charge in [-0.3, -0.25) is 4.79 Å². The second-order valence-electron chi connectivity index (χ2n) is 12.6. The van der Waals surface area contributed by atoms with Crippen LogP contribution in [0.1, 0.15) is 194 Å². The van der Waals surface area contributed by atoms with Gasteiger partial charge in [-0.05, 0) is 38.5 Å². The van der Waals surface area contributed by atoms with E-state index < -0.39 is 0 Å². The zero-order valence-corrected chi connectivity index (χ0v) is 34.0. The van der Waals surface area contributed by atoms with Gasteiger partial charge in [-0.15, -0.1) is 0 Å². The van der Waals surface area contributed by atoms with Crippen LogP contribution < -0.4 is 0 Å². The highest BCUT2D eigenvalue weighted by Crippen LogP contribution is 2.27. The van der Waals surface area contributed by atoms with Crippen molar-refractivity contribution in [1.29, 1.82) is 0 Å². The number of carbonyl (C=O) groups excluding carboxylic acids is 1. The molecule has 0 aromatic heterocycles. The summed E-state index contributed by atoms with van der Waals surface area (Å²) in [6.07, 6.45) is 35.3. The molecule has 0 spiro atoms. The van der Waals surface area contributed by atoms with E-state index in [1.54, 1.807) is 0 Å². The zero-order chi connectivity index (χ0) is 31.1. The molecule has 0 heterocycles. The van der Waals surface area contributed by atoms with Crippen LogP contribution in [0.4, 0.5) is 0 Å². The minimum Gasteiger partial charge on any atom is -0.466 e. The van der Waals surface area contributed by atoms with Crippen LogP contribution in [0.3, 0.4) is 0 Å². The van der Waals surface area contributed by atoms with Crippen molar-refractivity contribution in [3.63, 3.8) is 0 Å². The molecule has 6 heteroatoms. The number of ether oxygens (including phenoxy) is 1. The van der Waals surface area contributed by atoms with Gasteiger partial charge in [-0.1, -0.05) is 212 Å². The third-order valence-electron chi connectivity index (χ3n) is 8.45. The molecular formula is C36H68Br4O2. The highest BCUT2D eigenvalue weighted by atomic mass is 79.9. The highest BCUT2D eigenvalue weighted by Gasteiger charge is 2.16. The number of esters is 1. The summed E-state index contributed by atoms with van der Waals surface area (Å²) in [7, 11) is 0. The molecule has 252 valence electrons. The molecule has 0 radical (unpaired) electrons. The molecule has 0 amide bonds. The molecule has 0 aromatic rings. The van der Waals surface area contributed by atoms with E-state index in [2.05, 4.69) is 77.6 Å². The predicted molar refractivity (Wildman–Crippen MR) is 202 cm³/mol. The first-order valence-electron chi connectivity index (χ1n) is 18.1. The average molecular weight is 853 g/mol. The molecule has 0 fully saturated rings. The van der Waals surface area contributed by atoms with Crippen LogP contribution in [0.15, 0.2) is 0 Å². The average Bonchev–Trinajstić information content (AvgIpc) is 2.98. The first-order valence-corrected chi connectivity index (χ1v) is 21.8. The minimum atomic E-state index is 0.000922. The molecule has 0 N–H and O–H groups in total. The lowest BCUT2D eigenvalue weighted by Gasteiger charge is -2.16. The van der Waals surface area contributed by atoms with Crippen LogP contribution in [0, 0.1) is 0 Å². The molecule has 0 aromatic carbocycles. The Hall–Kier alpha value is 1.39. The minimum absolute atomic E-state index is 0.000922. The smallest absolute Gasteiger partial charge is 0.305 e. The van der Waals surface area contributed by atoms with Crippen LogP contribution in [0.5, 0.6) is 0 Å². The van der Waals surface area contributed by atoms with E-state index in [-0.39, 0.29) is 5.97 Å². The molecule has 0 rings (SSSR count). The molecule has 0 saturated carbocycles. The summed E-state index contributed by atoms with van der Waals surface area (Å²) in [5, 5.41) is 0. The summed E-state index contributed by atoms with van der Waals surface area (Å²) >= 11 is 15.6. The quantitative estimate of drug-likeness (QED) is 0.0374. The van der Waals surface area contributed by atoms with Crippen molar-refractivity contribution >= 4 is 69.7 Å². The molecule has 0 aliphatic carbocycles. The fourth-order valence-corrected chi connectivity index (χ4v) is 7.86. The first-order chi connectivity index (χ1) is 20.4. The lowest BCUT2D eigenvalue weighted by atomic mass is 10.0. The van der Waals surface area contributed by atoms with E-state index in [1.165, 1.54) is 154 Å². The lowest BCUT2D eigenvalue weighted by Crippen LogP contribution is -2.13. The monoisotopic (exact) mass is 848 g/mol. The van der Waals surface area contributed by atoms with E-state index in [4.69, 9.17) is 4.74 Å². The number of unbranched alkanes of at least 4 members (excludes halogenated alkanes) is 19. The summed E-state index contributed by atoms with van der Waals surface area (Å²) < 4.78 is 5.47. The van der Waals surface area contributed by atoms with Gasteiger partial charge in [0.1, 0.15) is 0 Å². The fraction of sp³-hybridized carbons (Fsp3) is 0.972. The SMILES string of the molecule is CCCCCCCCC(Br)C(Br)CCCCCCCCOC(=O)CCCCCCCC(Br)C(Br)CCCCCCCC. The molecule has 2 nitrogen and oxygen atoms in total. The highest BCUT2D eigenvalue weighted by molar-refractivity contribution is 9.12. The van der Waals surface area contributed by atoms with Crippen molar-refractivity contribution in [2.24, 2.45) is 0 Å². The second kappa shape index (κ2) is 33.7. The molecular weight excluding hydrogens is 784 g/mol. The number of alkyl halides is 4. The third-order valence-corrected chi connectivity index (χ3v) is 14.3. The van der Waals surface area contributed by atoms with Crippen LogP contribution in [-0.4, -0.2) is 31.9 Å². The van der Waals surface area contributed by atoms with Gasteiger partial charge in [-0.2, -0.15) is 0 Å². The maximum absolute atomic E-state index is 12.0. The van der Waals surface area contributed by atoms with Crippen LogP contribution in [0.25, 0.3) is 0 Å². The second-order valence-corrected chi connectivity index (χ2v) is 17.3. The van der Waals surface area contributed by atoms with Gasteiger partial charge < -0.3 is 4.74 Å². The molecule has 0 aliphatic rings. The lowest BCUT2D eigenvalue weighted by molar-refractivity contribution is -0.143. The van der Waals surface area contributed by atoms with Crippen molar-refractivity contribution in [3.8, 4) is 0 Å². The zero-order valence-electron chi connectivity index (χ0n) is 27.6. The van der Waals surface area contributed by atoms with Crippen molar-refractivity contribution in [3.05, 3.63) is 0 Å². The van der Waals surface area contributed by atoms with Gasteiger partial charge in [-0.25, -0.2) is 0 Å². The molecule has 0 saturated heterocycles. The number of hydrogen-bond donors (Lipinski definition) is 0. The van der Waals surface area contributed by atoms with Gasteiger partial charge in [0.25, 0.3) is 0 Å². The number of hydrogen-bond acceptors (Lipinski definition) is 2. The van der Waals surface area contributed by atoms with Crippen molar-refractivity contribution < 1.29 is 9.53 Å². The Balaban J connectivity index is 3.46. The van der Waals surface area contributed by atoms with Crippen LogP contribution in [0.2, 0.25) is 0 Å². The maximum Gasteiger partial charge on any atom is 0.305 e. The number of rotatable bonds is 33. The number of carbonyl (C=O) groups is 1. The van der Waals surface area contributed by atoms with Gasteiger partial charge >= 0.3 is 5.97 Å². The first kappa shape index (κ1) is 43.4. The largest absolute Gasteiger partial charge is 0.466 e. The van der Waals surface area contributed by atoms with Crippen LogP contribution >= 0.6 is 63.7 Å². The molecule has 4 unspecified atom stereocenters. The Morgan fingerprint density at radius 2 is 0.714 bits per heavy atom. The van der Waals surface area contributed by atoms with E-state index in [0.717, 1.165) is 19.3 Å². The van der Waals surface area contributed by atoms with Gasteiger partial charge in [0.2, 0.25) is 0 Å². The summed E-state index contributed by atoms with van der Waals surface area (Å²) in [6.45, 7) is 5.16. The summed E-state index contributed by atoms with van der Waals surface area (Å²) in [4.78, 5) is 14.4. The summed E-state index contributed by atoms with van der Waals surface area (Å²) in [5.74, 6) is 0.000922. The predicted octanol–water partition coefficient (Wildman–Crippen LogP) is 14.5. The van der Waals surface area contributed by atoms with E-state index in [0.29, 0.717) is 32.3 Å². The summed E-state index contributed by atoms with van der Waals surface area (Å²) in [6, 6.07) is 0. The van der Waals surface area contributed by atoms with Crippen molar-refractivity contribution in [1.82, 2.24) is 0 Å². The standard InChI is InChI=1S/C36H68Br4O2/c1-3-5-7-9-14-20-26-32(37)34(39)28-22-16-11-12-19-25-31-42-36(41)30-24-18-13-17-23-29-35(40)33(38)27-21-15-10-8-6-4-2/h32-35H,3-31H2,1-2H3. The Morgan fingerprint density at radius 1 is 0.429 bits per heavy atom. The Bertz CT molecular complexity index is 563. The Labute approximate surface area is 296 Å². The third kappa shape index (κ3) is 30.1. The fourth-order valence-electron chi connectivity index (χ4n) is 5.51. The van der Waals surface area contributed by atoms with Crippen molar-refractivity contribution in [2.45, 2.75) is 213 Å². The summed E-state index contributed by atoms with van der Waals surface area (Å²) in [5.41, 5.74) is 0. The maximum atomic E-state index is 12.0. The van der Waals surface area contributed by atoms with Gasteiger partial charge in [0.15, 0.2) is 0 Å². The van der Waals surface area contributed by atoms with Crippen LogP contribution in [-0.2, 0) is 9.53 Å². The molecule has 4 atom stereocenters. The van der Waals surface area contributed by atoms with E-state index in [1.807, 2.05) is 0 Å². The van der Waals surface area contributed by atoms with Gasteiger partial charge in [0.05, 0.1) is 6.61 Å². The van der Waals surface area contributed by atoms with E-state index >= 15 is 0 Å².